The van der Waals surface area contributed by atoms with Gasteiger partial charge in [-0.1, -0.05) is 0 Å². The fraction of sp³-hybridized carbons (Fsp3) is 0.250. The van der Waals surface area contributed by atoms with E-state index in [0.29, 0.717) is 29.2 Å². The second-order valence-corrected chi connectivity index (χ2v) is 3.18. The van der Waals surface area contributed by atoms with Crippen molar-refractivity contribution in [2.75, 3.05) is 13.2 Å². The minimum absolute atomic E-state index is 0.333. The van der Waals surface area contributed by atoms with Crippen molar-refractivity contribution in [2.45, 2.75) is 0 Å². The molecule has 0 bridgehead atoms. The van der Waals surface area contributed by atoms with Gasteiger partial charge in [0.2, 0.25) is 0 Å². The molecule has 0 aliphatic carbocycles. The minimum atomic E-state index is -0.334. The van der Waals surface area contributed by atoms with Crippen LogP contribution in [-0.2, 0) is 0 Å². The van der Waals surface area contributed by atoms with Gasteiger partial charge in [0.05, 0.1) is 4.47 Å². The summed E-state index contributed by atoms with van der Waals surface area (Å²) in [7, 11) is 0. The van der Waals surface area contributed by atoms with Crippen LogP contribution in [0.5, 0.6) is 11.5 Å². The summed E-state index contributed by atoms with van der Waals surface area (Å²) in [5, 5.41) is 0. The summed E-state index contributed by atoms with van der Waals surface area (Å²) in [6, 6.07) is 2.91. The largest absolute Gasteiger partial charge is 0.486 e. The zero-order valence-corrected chi connectivity index (χ0v) is 7.73. The van der Waals surface area contributed by atoms with E-state index in [2.05, 4.69) is 15.9 Å². The van der Waals surface area contributed by atoms with Gasteiger partial charge in [0.1, 0.15) is 19.0 Å². The van der Waals surface area contributed by atoms with Crippen LogP contribution in [0.3, 0.4) is 0 Å². The molecule has 64 valence electrons. The first-order valence-corrected chi connectivity index (χ1v) is 4.32. The number of fused-ring (bicyclic) bond motifs is 1. The minimum Gasteiger partial charge on any atom is -0.486 e. The normalized spacial score (nSPS) is 14.5. The van der Waals surface area contributed by atoms with Crippen molar-refractivity contribution in [3.8, 4) is 11.5 Å². The second-order valence-electron chi connectivity index (χ2n) is 2.39. The smallest absolute Gasteiger partial charge is 0.178 e. The van der Waals surface area contributed by atoms with Gasteiger partial charge in [-0.25, -0.2) is 4.39 Å². The van der Waals surface area contributed by atoms with Crippen molar-refractivity contribution in [3.63, 3.8) is 0 Å². The quantitative estimate of drug-likeness (QED) is 0.684. The van der Waals surface area contributed by atoms with Crippen LogP contribution in [-0.4, -0.2) is 13.2 Å². The zero-order chi connectivity index (χ0) is 8.55. The van der Waals surface area contributed by atoms with Crippen LogP contribution in [0.25, 0.3) is 0 Å². The highest BCUT2D eigenvalue weighted by molar-refractivity contribution is 9.10. The Morgan fingerprint density at radius 3 is 2.83 bits per heavy atom. The molecule has 0 fully saturated rings. The van der Waals surface area contributed by atoms with E-state index >= 15 is 0 Å². The summed E-state index contributed by atoms with van der Waals surface area (Å²) < 4.78 is 23.7. The molecule has 0 N–H and O–H groups in total. The molecular weight excluding hydrogens is 227 g/mol. The Morgan fingerprint density at radius 2 is 2.00 bits per heavy atom. The lowest BCUT2D eigenvalue weighted by Crippen LogP contribution is -2.15. The molecule has 0 saturated carbocycles. The summed E-state index contributed by atoms with van der Waals surface area (Å²) in [5.41, 5.74) is 0. The summed E-state index contributed by atoms with van der Waals surface area (Å²) in [4.78, 5) is 0. The van der Waals surface area contributed by atoms with Gasteiger partial charge in [-0.3, -0.25) is 0 Å². The first-order chi connectivity index (χ1) is 5.79. The maximum atomic E-state index is 12.9. The van der Waals surface area contributed by atoms with Gasteiger partial charge in [0.15, 0.2) is 11.5 Å². The molecule has 1 aliphatic heterocycles. The molecule has 2 nitrogen and oxygen atoms in total. The van der Waals surface area contributed by atoms with Crippen molar-refractivity contribution >= 4 is 15.9 Å². The van der Waals surface area contributed by atoms with E-state index in [0.717, 1.165) is 0 Å². The number of rotatable bonds is 0. The maximum Gasteiger partial charge on any atom is 0.178 e. The van der Waals surface area contributed by atoms with Gasteiger partial charge in [0, 0.05) is 0 Å². The van der Waals surface area contributed by atoms with Crippen molar-refractivity contribution < 1.29 is 13.9 Å². The molecule has 1 aromatic rings. The standard InChI is InChI=1S/C8H6BrFO2/c9-7-5(10)1-2-6-8(7)12-4-3-11-6/h1-2H,3-4H2. The Hall–Kier alpha value is -0.770. The van der Waals surface area contributed by atoms with E-state index in [-0.39, 0.29) is 5.82 Å². The van der Waals surface area contributed by atoms with Crippen LogP contribution in [0.4, 0.5) is 4.39 Å². The Bertz CT molecular complexity index is 314. The lowest BCUT2D eigenvalue weighted by Gasteiger charge is -2.19. The van der Waals surface area contributed by atoms with Gasteiger partial charge in [-0.15, -0.1) is 0 Å². The van der Waals surface area contributed by atoms with E-state index in [1.807, 2.05) is 0 Å². The topological polar surface area (TPSA) is 18.5 Å². The van der Waals surface area contributed by atoms with Crippen LogP contribution in [0.1, 0.15) is 0 Å². The van der Waals surface area contributed by atoms with Crippen LogP contribution < -0.4 is 9.47 Å². The summed E-state index contributed by atoms with van der Waals surface area (Å²) >= 11 is 3.09. The molecule has 0 saturated heterocycles. The molecule has 0 spiro atoms. The Balaban J connectivity index is 2.54. The molecule has 1 aromatic carbocycles. The lowest BCUT2D eigenvalue weighted by atomic mass is 10.3. The first-order valence-electron chi connectivity index (χ1n) is 3.52. The number of benzene rings is 1. The molecule has 1 heterocycles. The van der Waals surface area contributed by atoms with E-state index in [9.17, 15) is 4.39 Å². The zero-order valence-electron chi connectivity index (χ0n) is 6.14. The Labute approximate surface area is 77.4 Å². The van der Waals surface area contributed by atoms with Gasteiger partial charge in [-0.05, 0) is 28.1 Å². The van der Waals surface area contributed by atoms with Crippen LogP contribution in [0.2, 0.25) is 0 Å². The Morgan fingerprint density at radius 1 is 1.25 bits per heavy atom. The average molecular weight is 233 g/mol. The predicted molar refractivity (Wildman–Crippen MR) is 45.1 cm³/mol. The molecule has 0 aromatic heterocycles. The second kappa shape index (κ2) is 2.94. The SMILES string of the molecule is Fc1ccc2c(c1Br)OCCO2. The molecule has 4 heteroatoms. The third kappa shape index (κ3) is 1.16. The molecule has 1 aliphatic rings. The predicted octanol–water partition coefficient (Wildman–Crippen LogP) is 2.36. The molecule has 12 heavy (non-hydrogen) atoms. The summed E-state index contributed by atoms with van der Waals surface area (Å²) in [6.45, 7) is 0.986. The fourth-order valence-corrected chi connectivity index (χ4v) is 1.50. The van der Waals surface area contributed by atoms with Gasteiger partial charge in [-0.2, -0.15) is 0 Å². The van der Waals surface area contributed by atoms with Crippen molar-refractivity contribution in [1.29, 1.82) is 0 Å². The highest BCUT2D eigenvalue weighted by Crippen LogP contribution is 2.38. The highest BCUT2D eigenvalue weighted by atomic mass is 79.9. The van der Waals surface area contributed by atoms with Crippen molar-refractivity contribution in [1.82, 2.24) is 0 Å². The number of ether oxygens (including phenoxy) is 2. The summed E-state index contributed by atoms with van der Waals surface area (Å²) in [6.07, 6.45) is 0. The number of halogens is 2. The van der Waals surface area contributed by atoms with Gasteiger partial charge >= 0.3 is 0 Å². The number of hydrogen-bond donors (Lipinski definition) is 0. The van der Waals surface area contributed by atoms with Gasteiger partial charge < -0.3 is 9.47 Å². The third-order valence-electron chi connectivity index (χ3n) is 1.60. The van der Waals surface area contributed by atoms with Gasteiger partial charge in [0.25, 0.3) is 0 Å². The van der Waals surface area contributed by atoms with Crippen LogP contribution >= 0.6 is 15.9 Å². The molecule has 0 atom stereocenters. The summed E-state index contributed by atoms with van der Waals surface area (Å²) in [5.74, 6) is 0.718. The van der Waals surface area contributed by atoms with Crippen molar-refractivity contribution in [2.24, 2.45) is 0 Å². The van der Waals surface area contributed by atoms with Crippen LogP contribution in [0, 0.1) is 5.82 Å². The Kier molecular flexibility index (Phi) is 1.92. The monoisotopic (exact) mass is 232 g/mol. The first kappa shape index (κ1) is 7.86. The van der Waals surface area contributed by atoms with Crippen molar-refractivity contribution in [3.05, 3.63) is 22.4 Å². The average Bonchev–Trinajstić information content (AvgIpc) is 2.12. The van der Waals surface area contributed by atoms with Crippen LogP contribution in [0.15, 0.2) is 16.6 Å². The molecular formula is C8H6BrFO2. The maximum absolute atomic E-state index is 12.9. The van der Waals surface area contributed by atoms with E-state index < -0.39 is 0 Å². The lowest BCUT2D eigenvalue weighted by molar-refractivity contribution is 0.169. The molecule has 2 rings (SSSR count). The highest BCUT2D eigenvalue weighted by Gasteiger charge is 2.17. The fourth-order valence-electron chi connectivity index (χ4n) is 1.06. The van der Waals surface area contributed by atoms with E-state index in [1.165, 1.54) is 6.07 Å². The molecule has 0 radical (unpaired) electrons. The van der Waals surface area contributed by atoms with E-state index in [1.54, 1.807) is 6.07 Å². The molecule has 0 unspecified atom stereocenters. The number of hydrogen-bond acceptors (Lipinski definition) is 2. The third-order valence-corrected chi connectivity index (χ3v) is 2.34. The molecule has 0 amide bonds. The van der Waals surface area contributed by atoms with E-state index in [4.69, 9.17) is 9.47 Å².